The lowest BCUT2D eigenvalue weighted by atomic mass is 9.96. The summed E-state index contributed by atoms with van der Waals surface area (Å²) in [6.45, 7) is 8.84. The minimum atomic E-state index is -0.138. The van der Waals surface area contributed by atoms with Gasteiger partial charge in [-0.05, 0) is 90.7 Å². The molecule has 5 nitrogen and oxygen atoms in total. The first kappa shape index (κ1) is 21.0. The molecule has 6 heteroatoms. The van der Waals surface area contributed by atoms with E-state index in [4.69, 9.17) is 9.47 Å². The lowest BCUT2D eigenvalue weighted by molar-refractivity contribution is -0.115. The highest BCUT2D eigenvalue weighted by atomic mass is 32.2. The molecule has 1 heterocycles. The fourth-order valence-corrected chi connectivity index (χ4v) is 3.85. The quantitative estimate of drug-likeness (QED) is 0.646. The van der Waals surface area contributed by atoms with Crippen molar-refractivity contribution in [1.29, 1.82) is 0 Å². The molecule has 0 atom stereocenters. The number of hydrogen-bond acceptors (Lipinski definition) is 5. The second-order valence-electron chi connectivity index (χ2n) is 7.01. The summed E-state index contributed by atoms with van der Waals surface area (Å²) in [4.78, 5) is 17.6. The van der Waals surface area contributed by atoms with Gasteiger partial charge in [-0.15, -0.1) is 0 Å². The fourth-order valence-electron chi connectivity index (χ4n) is 3.02. The number of amides is 1. The molecule has 0 spiro atoms. The summed E-state index contributed by atoms with van der Waals surface area (Å²) in [6.07, 6.45) is 1.92. The summed E-state index contributed by atoms with van der Waals surface area (Å²) >= 11 is 1.34. The number of carbonyl (C=O) groups is 1. The maximum Gasteiger partial charge on any atom is 0.264 e. The molecule has 0 aliphatic carbocycles. The maximum absolute atomic E-state index is 12.4. The molecule has 29 heavy (non-hydrogen) atoms. The molecular formula is C23H26N2O3S. The van der Waals surface area contributed by atoms with Gasteiger partial charge in [0.15, 0.2) is 5.17 Å². The van der Waals surface area contributed by atoms with Crippen LogP contribution in [0.4, 0.5) is 5.69 Å². The molecule has 3 rings (SSSR count). The summed E-state index contributed by atoms with van der Waals surface area (Å²) in [6, 6.07) is 11.6. The highest BCUT2D eigenvalue weighted by molar-refractivity contribution is 8.18. The molecular weight excluding hydrogens is 384 g/mol. The molecule has 0 unspecified atom stereocenters. The van der Waals surface area contributed by atoms with E-state index in [9.17, 15) is 4.79 Å². The second-order valence-corrected chi connectivity index (χ2v) is 8.04. The van der Waals surface area contributed by atoms with Gasteiger partial charge in [-0.1, -0.05) is 13.8 Å². The molecule has 1 N–H and O–H groups in total. The highest BCUT2D eigenvalue weighted by Crippen LogP contribution is 2.33. The number of aliphatic imine (C=N–C) groups is 1. The number of nitrogens with one attached hydrogen (secondary N) is 1. The minimum Gasteiger partial charge on any atom is -0.496 e. The Labute approximate surface area is 176 Å². The third kappa shape index (κ3) is 5.01. The van der Waals surface area contributed by atoms with E-state index in [0.29, 0.717) is 22.6 Å². The van der Waals surface area contributed by atoms with Crippen molar-refractivity contribution in [2.24, 2.45) is 4.99 Å². The third-order valence-corrected chi connectivity index (χ3v) is 5.47. The van der Waals surface area contributed by atoms with Crippen molar-refractivity contribution in [2.45, 2.75) is 33.6 Å². The smallest absolute Gasteiger partial charge is 0.264 e. The predicted octanol–water partition coefficient (Wildman–Crippen LogP) is 5.42. The number of ether oxygens (including phenoxy) is 2. The van der Waals surface area contributed by atoms with Crippen molar-refractivity contribution >= 4 is 34.6 Å². The Bertz CT molecular complexity index is 963. The molecule has 1 aliphatic heterocycles. The first-order valence-corrected chi connectivity index (χ1v) is 10.4. The zero-order valence-corrected chi connectivity index (χ0v) is 18.2. The summed E-state index contributed by atoms with van der Waals surface area (Å²) in [7, 11) is 1.68. The van der Waals surface area contributed by atoms with Gasteiger partial charge in [-0.25, -0.2) is 4.99 Å². The summed E-state index contributed by atoms with van der Waals surface area (Å²) in [5.74, 6) is 1.86. The number of amidine groups is 1. The standard InChI is InChI=1S/C23H26N2O3S/c1-6-28-18-9-7-17(8-10-18)24-23-25-22(26)21(29-23)13-16-12-19(14(2)3)20(27-5)11-15(16)4/h7-14H,6H2,1-5H3,(H,24,25,26)/b21-13+. The molecule has 2 aromatic carbocycles. The van der Waals surface area contributed by atoms with Gasteiger partial charge in [0.25, 0.3) is 5.91 Å². The molecule has 1 amide bonds. The van der Waals surface area contributed by atoms with E-state index in [0.717, 1.165) is 33.9 Å². The van der Waals surface area contributed by atoms with Crippen molar-refractivity contribution in [3.8, 4) is 11.5 Å². The van der Waals surface area contributed by atoms with Gasteiger partial charge in [-0.3, -0.25) is 4.79 Å². The van der Waals surface area contributed by atoms with Crippen molar-refractivity contribution in [3.05, 3.63) is 58.0 Å². The Morgan fingerprint density at radius 2 is 1.93 bits per heavy atom. The average Bonchev–Trinajstić information content (AvgIpc) is 3.03. The van der Waals surface area contributed by atoms with E-state index in [1.807, 2.05) is 50.3 Å². The summed E-state index contributed by atoms with van der Waals surface area (Å²) in [5.41, 5.74) is 3.95. The average molecular weight is 411 g/mol. The molecule has 0 aromatic heterocycles. The van der Waals surface area contributed by atoms with Crippen LogP contribution in [0.15, 0.2) is 46.3 Å². The van der Waals surface area contributed by atoms with Crippen LogP contribution < -0.4 is 14.8 Å². The van der Waals surface area contributed by atoms with Gasteiger partial charge in [0.2, 0.25) is 0 Å². The van der Waals surface area contributed by atoms with Crippen LogP contribution >= 0.6 is 11.8 Å². The van der Waals surface area contributed by atoms with Crippen molar-refractivity contribution in [2.75, 3.05) is 13.7 Å². The van der Waals surface area contributed by atoms with E-state index in [1.165, 1.54) is 11.8 Å². The Morgan fingerprint density at radius 1 is 1.21 bits per heavy atom. The molecule has 2 aromatic rings. The first-order chi connectivity index (χ1) is 13.9. The number of methoxy groups -OCH3 is 1. The largest absolute Gasteiger partial charge is 0.496 e. The normalized spacial score (nSPS) is 16.6. The van der Waals surface area contributed by atoms with Crippen LogP contribution in [-0.4, -0.2) is 24.8 Å². The van der Waals surface area contributed by atoms with Crippen LogP contribution in [0.5, 0.6) is 11.5 Å². The lowest BCUT2D eigenvalue weighted by Gasteiger charge is -2.14. The van der Waals surface area contributed by atoms with Crippen LogP contribution in [0.1, 0.15) is 43.4 Å². The van der Waals surface area contributed by atoms with E-state index >= 15 is 0 Å². The summed E-state index contributed by atoms with van der Waals surface area (Å²) < 4.78 is 11.0. The molecule has 1 aliphatic rings. The number of nitrogens with zero attached hydrogens (tertiary/aromatic N) is 1. The van der Waals surface area contributed by atoms with Gasteiger partial charge in [-0.2, -0.15) is 0 Å². The Morgan fingerprint density at radius 3 is 2.55 bits per heavy atom. The number of aryl methyl sites for hydroxylation is 1. The number of thioether (sulfide) groups is 1. The Kier molecular flexibility index (Phi) is 6.64. The third-order valence-electron chi connectivity index (χ3n) is 4.56. The fraction of sp³-hybridized carbons (Fsp3) is 0.304. The SMILES string of the molecule is CCOc1ccc(N=C2NC(=O)/C(=C\c3cc(C(C)C)c(OC)cc3C)S2)cc1. The monoisotopic (exact) mass is 410 g/mol. The highest BCUT2D eigenvalue weighted by Gasteiger charge is 2.24. The van der Waals surface area contributed by atoms with E-state index < -0.39 is 0 Å². The second kappa shape index (κ2) is 9.18. The van der Waals surface area contributed by atoms with Crippen LogP contribution in [-0.2, 0) is 4.79 Å². The minimum absolute atomic E-state index is 0.138. The van der Waals surface area contributed by atoms with Gasteiger partial charge in [0.1, 0.15) is 11.5 Å². The van der Waals surface area contributed by atoms with Gasteiger partial charge in [0.05, 0.1) is 24.3 Å². The Hall–Kier alpha value is -2.73. The van der Waals surface area contributed by atoms with Crippen LogP contribution in [0.2, 0.25) is 0 Å². The van der Waals surface area contributed by atoms with E-state index in [-0.39, 0.29) is 5.91 Å². The predicted molar refractivity (Wildman–Crippen MR) is 120 cm³/mol. The van der Waals surface area contributed by atoms with Crippen molar-refractivity contribution in [1.82, 2.24) is 5.32 Å². The number of benzene rings is 2. The molecule has 152 valence electrons. The molecule has 1 fully saturated rings. The topological polar surface area (TPSA) is 59.9 Å². The molecule has 0 bridgehead atoms. The Balaban J connectivity index is 1.84. The van der Waals surface area contributed by atoms with Gasteiger partial charge < -0.3 is 14.8 Å². The number of rotatable bonds is 6. The van der Waals surface area contributed by atoms with Crippen molar-refractivity contribution in [3.63, 3.8) is 0 Å². The van der Waals surface area contributed by atoms with Crippen LogP contribution in [0.25, 0.3) is 6.08 Å². The molecule has 1 saturated heterocycles. The van der Waals surface area contributed by atoms with Crippen LogP contribution in [0, 0.1) is 6.92 Å². The zero-order valence-electron chi connectivity index (χ0n) is 17.4. The van der Waals surface area contributed by atoms with Gasteiger partial charge in [0, 0.05) is 0 Å². The number of carbonyl (C=O) groups excluding carboxylic acids is 1. The van der Waals surface area contributed by atoms with E-state index in [1.54, 1.807) is 7.11 Å². The molecule has 0 saturated carbocycles. The zero-order chi connectivity index (χ0) is 21.0. The first-order valence-electron chi connectivity index (χ1n) is 9.62. The van der Waals surface area contributed by atoms with Crippen molar-refractivity contribution < 1.29 is 14.3 Å². The maximum atomic E-state index is 12.4. The molecule has 0 radical (unpaired) electrons. The summed E-state index contributed by atoms with van der Waals surface area (Å²) in [5, 5.41) is 3.41. The van der Waals surface area contributed by atoms with E-state index in [2.05, 4.69) is 30.2 Å². The van der Waals surface area contributed by atoms with Crippen LogP contribution in [0.3, 0.4) is 0 Å². The van der Waals surface area contributed by atoms with Gasteiger partial charge >= 0.3 is 0 Å². The lowest BCUT2D eigenvalue weighted by Crippen LogP contribution is -2.19. The number of hydrogen-bond donors (Lipinski definition) is 1.